The monoisotopic (exact) mass is 234 g/mol. The Kier molecular flexibility index (Phi) is 3.33. The third-order valence-electron chi connectivity index (χ3n) is 3.23. The van der Waals surface area contributed by atoms with Gasteiger partial charge >= 0.3 is 0 Å². The van der Waals surface area contributed by atoms with E-state index in [1.165, 1.54) is 0 Å². The molecule has 0 aromatic heterocycles. The van der Waals surface area contributed by atoms with E-state index in [-0.39, 0.29) is 17.6 Å². The molecule has 1 amide bonds. The van der Waals surface area contributed by atoms with Crippen LogP contribution in [0.1, 0.15) is 17.5 Å². The van der Waals surface area contributed by atoms with Gasteiger partial charge < -0.3 is 15.7 Å². The van der Waals surface area contributed by atoms with Crippen molar-refractivity contribution in [3.63, 3.8) is 0 Å². The predicted molar refractivity (Wildman–Crippen MR) is 67.2 cm³/mol. The summed E-state index contributed by atoms with van der Waals surface area (Å²) in [6.45, 7) is 5.36. The van der Waals surface area contributed by atoms with Crippen molar-refractivity contribution < 1.29 is 9.90 Å². The van der Waals surface area contributed by atoms with E-state index < -0.39 is 0 Å². The summed E-state index contributed by atoms with van der Waals surface area (Å²) in [4.78, 5) is 11.9. The van der Waals surface area contributed by atoms with Gasteiger partial charge in [0, 0.05) is 12.2 Å². The molecular weight excluding hydrogens is 216 g/mol. The van der Waals surface area contributed by atoms with Gasteiger partial charge in [0.15, 0.2) is 0 Å². The number of amides is 1. The fraction of sp³-hybridized carbons (Fsp3) is 0.462. The van der Waals surface area contributed by atoms with Gasteiger partial charge in [-0.3, -0.25) is 4.79 Å². The molecule has 1 aliphatic heterocycles. The van der Waals surface area contributed by atoms with E-state index in [4.69, 9.17) is 0 Å². The molecule has 1 saturated heterocycles. The fourth-order valence-corrected chi connectivity index (χ4v) is 2.05. The van der Waals surface area contributed by atoms with E-state index in [9.17, 15) is 9.90 Å². The number of aryl methyl sites for hydroxylation is 2. The highest BCUT2D eigenvalue weighted by molar-refractivity contribution is 5.93. The number of carbonyl (C=O) groups is 1. The maximum Gasteiger partial charge on any atom is 0.228 e. The van der Waals surface area contributed by atoms with Gasteiger partial charge in [0.2, 0.25) is 5.91 Å². The molecule has 0 aliphatic carbocycles. The lowest BCUT2D eigenvalue weighted by molar-refractivity contribution is -0.119. The molecule has 1 fully saturated rings. The second-order valence-electron chi connectivity index (χ2n) is 4.63. The summed E-state index contributed by atoms with van der Waals surface area (Å²) < 4.78 is 0. The SMILES string of the molecule is Cc1cc(NC(=O)C2CCNC2)c(C)cc1O. The molecular formula is C13H18N2O2. The Balaban J connectivity index is 2.12. The normalized spacial score (nSPS) is 19.3. The summed E-state index contributed by atoms with van der Waals surface area (Å²) >= 11 is 0. The van der Waals surface area contributed by atoms with Gasteiger partial charge in [-0.1, -0.05) is 0 Å². The summed E-state index contributed by atoms with van der Waals surface area (Å²) in [6, 6.07) is 3.49. The first-order valence-corrected chi connectivity index (χ1v) is 5.89. The van der Waals surface area contributed by atoms with Gasteiger partial charge in [-0.05, 0) is 50.1 Å². The number of carbonyl (C=O) groups excluding carboxylic acids is 1. The quantitative estimate of drug-likeness (QED) is 0.680. The molecule has 4 heteroatoms. The maximum atomic E-state index is 11.9. The summed E-state index contributed by atoms with van der Waals surface area (Å²) in [6.07, 6.45) is 0.891. The van der Waals surface area contributed by atoms with Crippen LogP contribution in [0, 0.1) is 19.8 Å². The number of nitrogens with one attached hydrogen (secondary N) is 2. The molecule has 17 heavy (non-hydrogen) atoms. The maximum absolute atomic E-state index is 11.9. The van der Waals surface area contributed by atoms with Crippen LogP contribution >= 0.6 is 0 Å². The molecule has 0 saturated carbocycles. The van der Waals surface area contributed by atoms with E-state index in [1.54, 1.807) is 6.07 Å². The van der Waals surface area contributed by atoms with Gasteiger partial charge in [-0.25, -0.2) is 0 Å². The van der Waals surface area contributed by atoms with Crippen LogP contribution in [-0.4, -0.2) is 24.1 Å². The highest BCUT2D eigenvalue weighted by Crippen LogP contribution is 2.25. The Labute approximate surface area is 101 Å². The molecule has 0 spiro atoms. The van der Waals surface area contributed by atoms with Gasteiger partial charge in [-0.2, -0.15) is 0 Å². The first-order chi connectivity index (χ1) is 8.08. The van der Waals surface area contributed by atoms with Gasteiger partial charge in [0.25, 0.3) is 0 Å². The van der Waals surface area contributed by atoms with E-state index in [1.807, 2.05) is 19.9 Å². The minimum atomic E-state index is 0.0585. The Bertz CT molecular complexity index is 437. The summed E-state index contributed by atoms with van der Waals surface area (Å²) in [5.74, 6) is 0.384. The third-order valence-corrected chi connectivity index (χ3v) is 3.23. The average molecular weight is 234 g/mol. The molecule has 1 aromatic carbocycles. The Hall–Kier alpha value is -1.55. The molecule has 1 aliphatic rings. The number of phenolic OH excluding ortho intramolecular Hbond substituents is 1. The second kappa shape index (κ2) is 4.75. The Morgan fingerprint density at radius 1 is 1.41 bits per heavy atom. The largest absolute Gasteiger partial charge is 0.508 e. The van der Waals surface area contributed by atoms with Crippen molar-refractivity contribution >= 4 is 11.6 Å². The van der Waals surface area contributed by atoms with Crippen molar-refractivity contribution in [1.82, 2.24) is 5.32 Å². The number of phenols is 1. The van der Waals surface area contributed by atoms with Crippen molar-refractivity contribution in [2.75, 3.05) is 18.4 Å². The van der Waals surface area contributed by atoms with Crippen molar-refractivity contribution in [2.45, 2.75) is 20.3 Å². The molecule has 4 nitrogen and oxygen atoms in total. The van der Waals surface area contributed by atoms with Gasteiger partial charge in [0.05, 0.1) is 5.92 Å². The molecule has 2 rings (SSSR count). The molecule has 1 heterocycles. The van der Waals surface area contributed by atoms with Crippen LogP contribution in [0.3, 0.4) is 0 Å². The van der Waals surface area contributed by atoms with Crippen LogP contribution in [0.5, 0.6) is 5.75 Å². The van der Waals surface area contributed by atoms with Gasteiger partial charge in [-0.15, -0.1) is 0 Å². The fourth-order valence-electron chi connectivity index (χ4n) is 2.05. The van der Waals surface area contributed by atoms with E-state index in [0.29, 0.717) is 0 Å². The molecule has 1 unspecified atom stereocenters. The van der Waals surface area contributed by atoms with Crippen LogP contribution < -0.4 is 10.6 Å². The average Bonchev–Trinajstić information content (AvgIpc) is 2.79. The smallest absolute Gasteiger partial charge is 0.228 e. The van der Waals surface area contributed by atoms with Crippen LogP contribution in [0.25, 0.3) is 0 Å². The Morgan fingerprint density at radius 2 is 2.18 bits per heavy atom. The predicted octanol–water partition coefficient (Wildman–Crippen LogP) is 1.56. The standard InChI is InChI=1S/C13H18N2O2/c1-8-6-12(16)9(2)5-11(8)15-13(17)10-3-4-14-7-10/h5-6,10,14,16H,3-4,7H2,1-2H3,(H,15,17). The lowest BCUT2D eigenvalue weighted by Gasteiger charge is -2.13. The lowest BCUT2D eigenvalue weighted by Crippen LogP contribution is -2.25. The van der Waals surface area contributed by atoms with Crippen molar-refractivity contribution in [3.05, 3.63) is 23.3 Å². The zero-order chi connectivity index (χ0) is 12.4. The van der Waals surface area contributed by atoms with E-state index >= 15 is 0 Å². The molecule has 92 valence electrons. The molecule has 0 bridgehead atoms. The zero-order valence-electron chi connectivity index (χ0n) is 10.2. The number of rotatable bonds is 2. The van der Waals surface area contributed by atoms with Gasteiger partial charge in [0.1, 0.15) is 5.75 Å². The third kappa shape index (κ3) is 2.58. The summed E-state index contributed by atoms with van der Waals surface area (Å²) in [7, 11) is 0. The zero-order valence-corrected chi connectivity index (χ0v) is 10.2. The van der Waals surface area contributed by atoms with Crippen LogP contribution in [0.2, 0.25) is 0 Å². The lowest BCUT2D eigenvalue weighted by atomic mass is 10.1. The molecule has 1 atom stereocenters. The number of hydrogen-bond donors (Lipinski definition) is 3. The van der Waals surface area contributed by atoms with Crippen molar-refractivity contribution in [2.24, 2.45) is 5.92 Å². The highest BCUT2D eigenvalue weighted by Gasteiger charge is 2.22. The van der Waals surface area contributed by atoms with Crippen LogP contribution in [-0.2, 0) is 4.79 Å². The van der Waals surface area contributed by atoms with Crippen LogP contribution in [0.15, 0.2) is 12.1 Å². The number of hydrogen-bond acceptors (Lipinski definition) is 3. The number of anilines is 1. The molecule has 0 radical (unpaired) electrons. The summed E-state index contributed by atoms with van der Waals surface area (Å²) in [5.41, 5.74) is 2.44. The van der Waals surface area contributed by atoms with Crippen LogP contribution in [0.4, 0.5) is 5.69 Å². The second-order valence-corrected chi connectivity index (χ2v) is 4.63. The number of benzene rings is 1. The Morgan fingerprint density at radius 3 is 2.82 bits per heavy atom. The first kappa shape index (κ1) is 11.9. The number of aromatic hydroxyl groups is 1. The van der Waals surface area contributed by atoms with Crippen molar-refractivity contribution in [1.29, 1.82) is 0 Å². The van der Waals surface area contributed by atoms with E-state index in [0.717, 1.165) is 36.3 Å². The minimum Gasteiger partial charge on any atom is -0.508 e. The van der Waals surface area contributed by atoms with Crippen molar-refractivity contribution in [3.8, 4) is 5.75 Å². The summed E-state index contributed by atoms with van der Waals surface area (Å²) in [5, 5.41) is 15.7. The van der Waals surface area contributed by atoms with E-state index in [2.05, 4.69) is 10.6 Å². The topological polar surface area (TPSA) is 61.4 Å². The minimum absolute atomic E-state index is 0.0585. The highest BCUT2D eigenvalue weighted by atomic mass is 16.3. The molecule has 3 N–H and O–H groups in total. The molecule has 1 aromatic rings. The first-order valence-electron chi connectivity index (χ1n) is 5.89.